The molecule has 7 nitrogen and oxygen atoms in total. The fraction of sp³-hybridized carbons (Fsp3) is 0.211. The summed E-state index contributed by atoms with van der Waals surface area (Å²) in [7, 11) is 0.853. The van der Waals surface area contributed by atoms with Gasteiger partial charge in [0.25, 0.3) is 0 Å². The molecule has 0 aliphatic carbocycles. The third-order valence-electron chi connectivity index (χ3n) is 4.22. The standard InChI is InChI=1S/C19H21N3O4S/c1-12-9-17(16-11-14(26-4)6-8-19(16)23)20-18-10-13(5-7-15(12)18)21-27(24,25)22(2)3/h5-11,21,23H,1-4H3. The van der Waals surface area contributed by atoms with E-state index in [9.17, 15) is 13.5 Å². The lowest BCUT2D eigenvalue weighted by Gasteiger charge is -2.14. The van der Waals surface area contributed by atoms with E-state index >= 15 is 0 Å². The molecule has 2 aromatic carbocycles. The SMILES string of the molecule is COc1ccc(O)c(-c2cc(C)c3ccc(NS(=O)(=O)N(C)C)cc3n2)c1. The van der Waals surface area contributed by atoms with Gasteiger partial charge in [0, 0.05) is 25.0 Å². The Labute approximate surface area is 158 Å². The zero-order valence-corrected chi connectivity index (χ0v) is 16.3. The van der Waals surface area contributed by atoms with Crippen LogP contribution >= 0.6 is 0 Å². The number of nitrogens with zero attached hydrogens (tertiary/aromatic N) is 2. The first-order valence-corrected chi connectivity index (χ1v) is 9.64. The Balaban J connectivity index is 2.12. The number of methoxy groups -OCH3 is 1. The number of anilines is 1. The van der Waals surface area contributed by atoms with Crippen LogP contribution in [0.2, 0.25) is 0 Å². The van der Waals surface area contributed by atoms with E-state index in [1.54, 1.807) is 37.4 Å². The number of aryl methyl sites for hydroxylation is 1. The zero-order valence-electron chi connectivity index (χ0n) is 15.5. The third-order valence-corrected chi connectivity index (χ3v) is 5.68. The highest BCUT2D eigenvalue weighted by molar-refractivity contribution is 7.90. The van der Waals surface area contributed by atoms with Gasteiger partial charge < -0.3 is 9.84 Å². The molecule has 0 aliphatic rings. The van der Waals surface area contributed by atoms with Crippen molar-refractivity contribution in [2.75, 3.05) is 25.9 Å². The van der Waals surface area contributed by atoms with Gasteiger partial charge in [-0.05, 0) is 48.9 Å². The first-order chi connectivity index (χ1) is 12.7. The van der Waals surface area contributed by atoms with E-state index in [-0.39, 0.29) is 5.75 Å². The van der Waals surface area contributed by atoms with Gasteiger partial charge in [0.15, 0.2) is 0 Å². The summed E-state index contributed by atoms with van der Waals surface area (Å²) in [6.07, 6.45) is 0. The number of phenolic OH excluding ortho intramolecular Hbond substituents is 1. The third kappa shape index (κ3) is 3.81. The lowest BCUT2D eigenvalue weighted by Crippen LogP contribution is -2.28. The van der Waals surface area contributed by atoms with Crippen molar-refractivity contribution in [2.45, 2.75) is 6.92 Å². The van der Waals surface area contributed by atoms with Gasteiger partial charge in [0.05, 0.1) is 24.0 Å². The van der Waals surface area contributed by atoms with E-state index in [1.807, 2.05) is 19.1 Å². The average molecular weight is 387 g/mol. The fourth-order valence-corrected chi connectivity index (χ4v) is 3.30. The Morgan fingerprint density at radius 1 is 1.11 bits per heavy atom. The summed E-state index contributed by atoms with van der Waals surface area (Å²) in [6.45, 7) is 1.94. The van der Waals surface area contributed by atoms with Crippen LogP contribution in [0.1, 0.15) is 5.56 Å². The van der Waals surface area contributed by atoms with Gasteiger partial charge >= 0.3 is 10.2 Å². The maximum Gasteiger partial charge on any atom is 0.301 e. The summed E-state index contributed by atoms with van der Waals surface area (Å²) in [5.41, 5.74) is 3.10. The Kier molecular flexibility index (Phi) is 4.95. The van der Waals surface area contributed by atoms with Crippen LogP contribution in [0.15, 0.2) is 42.5 Å². The number of aromatic nitrogens is 1. The number of hydrogen-bond donors (Lipinski definition) is 2. The molecule has 1 aromatic heterocycles. The number of ether oxygens (including phenoxy) is 1. The fourth-order valence-electron chi connectivity index (χ4n) is 2.69. The zero-order chi connectivity index (χ0) is 19.8. The van der Waals surface area contributed by atoms with Crippen LogP contribution in [0.25, 0.3) is 22.2 Å². The Bertz CT molecular complexity index is 1110. The minimum atomic E-state index is -3.61. The van der Waals surface area contributed by atoms with Gasteiger partial charge in [-0.15, -0.1) is 0 Å². The molecule has 3 rings (SSSR count). The van der Waals surface area contributed by atoms with Crippen molar-refractivity contribution >= 4 is 26.8 Å². The van der Waals surface area contributed by atoms with Crippen molar-refractivity contribution in [2.24, 2.45) is 0 Å². The Morgan fingerprint density at radius 2 is 1.85 bits per heavy atom. The highest BCUT2D eigenvalue weighted by atomic mass is 32.2. The average Bonchev–Trinajstić information content (AvgIpc) is 2.61. The number of pyridine rings is 1. The van der Waals surface area contributed by atoms with E-state index in [1.165, 1.54) is 14.1 Å². The van der Waals surface area contributed by atoms with Gasteiger partial charge in [-0.2, -0.15) is 12.7 Å². The predicted molar refractivity (Wildman–Crippen MR) is 106 cm³/mol. The van der Waals surface area contributed by atoms with E-state index in [0.717, 1.165) is 15.3 Å². The Hall–Kier alpha value is -2.84. The van der Waals surface area contributed by atoms with Crippen LogP contribution in [-0.4, -0.2) is 44.0 Å². The minimum absolute atomic E-state index is 0.0894. The van der Waals surface area contributed by atoms with Crippen molar-refractivity contribution in [1.82, 2.24) is 9.29 Å². The molecule has 8 heteroatoms. The molecule has 1 heterocycles. The first kappa shape index (κ1) is 18.9. The number of fused-ring (bicyclic) bond motifs is 1. The van der Waals surface area contributed by atoms with E-state index < -0.39 is 10.2 Å². The van der Waals surface area contributed by atoms with Crippen molar-refractivity contribution in [3.63, 3.8) is 0 Å². The first-order valence-electron chi connectivity index (χ1n) is 8.20. The number of aromatic hydroxyl groups is 1. The van der Waals surface area contributed by atoms with Crippen molar-refractivity contribution < 1.29 is 18.3 Å². The van der Waals surface area contributed by atoms with Crippen LogP contribution in [0.5, 0.6) is 11.5 Å². The largest absolute Gasteiger partial charge is 0.507 e. The van der Waals surface area contributed by atoms with Crippen molar-refractivity contribution in [1.29, 1.82) is 0 Å². The molecule has 142 valence electrons. The molecule has 0 atom stereocenters. The second-order valence-corrected chi connectivity index (χ2v) is 8.21. The molecular weight excluding hydrogens is 366 g/mol. The van der Waals surface area contributed by atoms with E-state index in [0.29, 0.717) is 28.2 Å². The molecule has 0 fully saturated rings. The maximum absolute atomic E-state index is 12.1. The van der Waals surface area contributed by atoms with E-state index in [4.69, 9.17) is 4.74 Å². The summed E-state index contributed by atoms with van der Waals surface area (Å²) in [6, 6.07) is 12.0. The summed E-state index contributed by atoms with van der Waals surface area (Å²) in [4.78, 5) is 4.61. The minimum Gasteiger partial charge on any atom is -0.507 e. The van der Waals surface area contributed by atoms with Gasteiger partial charge in [0.2, 0.25) is 0 Å². The molecule has 0 spiro atoms. The van der Waals surface area contributed by atoms with Gasteiger partial charge in [-0.3, -0.25) is 4.72 Å². The van der Waals surface area contributed by atoms with Crippen molar-refractivity contribution in [3.05, 3.63) is 48.0 Å². The van der Waals surface area contributed by atoms with Gasteiger partial charge in [-0.1, -0.05) is 6.07 Å². The van der Waals surface area contributed by atoms with Gasteiger partial charge in [-0.25, -0.2) is 4.98 Å². The molecule has 27 heavy (non-hydrogen) atoms. The molecule has 0 radical (unpaired) electrons. The lowest BCUT2D eigenvalue weighted by molar-refractivity contribution is 0.412. The molecule has 0 amide bonds. The molecule has 0 saturated carbocycles. The molecule has 3 aromatic rings. The van der Waals surface area contributed by atoms with Crippen LogP contribution < -0.4 is 9.46 Å². The summed E-state index contributed by atoms with van der Waals surface area (Å²) >= 11 is 0. The quantitative estimate of drug-likeness (QED) is 0.702. The van der Waals surface area contributed by atoms with E-state index in [2.05, 4.69) is 9.71 Å². The highest BCUT2D eigenvalue weighted by Crippen LogP contribution is 2.34. The molecule has 0 bridgehead atoms. The van der Waals surface area contributed by atoms with Crippen LogP contribution in [-0.2, 0) is 10.2 Å². The summed E-state index contributed by atoms with van der Waals surface area (Å²) in [5, 5.41) is 11.1. The number of phenols is 1. The molecule has 0 saturated heterocycles. The smallest absolute Gasteiger partial charge is 0.301 e. The molecule has 0 aliphatic heterocycles. The molecule has 2 N–H and O–H groups in total. The predicted octanol–water partition coefficient (Wildman–Crippen LogP) is 3.14. The second kappa shape index (κ2) is 7.05. The maximum atomic E-state index is 12.1. The molecular formula is C19H21N3O4S. The van der Waals surface area contributed by atoms with Gasteiger partial charge in [0.1, 0.15) is 11.5 Å². The summed E-state index contributed by atoms with van der Waals surface area (Å²) in [5.74, 6) is 0.696. The van der Waals surface area contributed by atoms with Crippen LogP contribution in [0, 0.1) is 6.92 Å². The number of hydrogen-bond acceptors (Lipinski definition) is 5. The molecule has 0 unspecified atom stereocenters. The van der Waals surface area contributed by atoms with Crippen molar-refractivity contribution in [3.8, 4) is 22.8 Å². The normalized spacial score (nSPS) is 11.7. The van der Waals surface area contributed by atoms with Crippen LogP contribution in [0.4, 0.5) is 5.69 Å². The van der Waals surface area contributed by atoms with Crippen LogP contribution in [0.3, 0.4) is 0 Å². The number of rotatable bonds is 5. The summed E-state index contributed by atoms with van der Waals surface area (Å²) < 4.78 is 32.9. The lowest BCUT2D eigenvalue weighted by atomic mass is 10.0. The highest BCUT2D eigenvalue weighted by Gasteiger charge is 2.15. The monoisotopic (exact) mass is 387 g/mol. The Morgan fingerprint density at radius 3 is 2.52 bits per heavy atom. The second-order valence-electron chi connectivity index (χ2n) is 6.33. The number of nitrogens with one attached hydrogen (secondary N) is 1. The topological polar surface area (TPSA) is 91.8 Å². The number of benzene rings is 2.